The normalized spacial score (nSPS) is 19.4. The van der Waals surface area contributed by atoms with E-state index in [1.807, 2.05) is 13.8 Å². The maximum absolute atomic E-state index is 12.8. The quantitative estimate of drug-likeness (QED) is 0.423. The van der Waals surface area contributed by atoms with Gasteiger partial charge in [0.25, 0.3) is 0 Å². The zero-order chi connectivity index (χ0) is 20.7. The minimum absolute atomic E-state index is 0.0761. The molecule has 2 amide bonds. The molecule has 0 aliphatic carbocycles. The number of carbonyl (C=O) groups is 3. The van der Waals surface area contributed by atoms with E-state index in [4.69, 9.17) is 0 Å². The predicted molar refractivity (Wildman–Crippen MR) is 104 cm³/mol. The molecule has 4 unspecified atom stereocenters. The summed E-state index contributed by atoms with van der Waals surface area (Å²) in [5, 5.41) is 27.3. The minimum Gasteiger partial charge on any atom is -0.508 e. The third-order valence-corrected chi connectivity index (χ3v) is 5.16. The lowest BCUT2D eigenvalue weighted by atomic mass is 9.97. The van der Waals surface area contributed by atoms with Crippen molar-refractivity contribution in [3.63, 3.8) is 0 Å². The molecule has 1 aliphatic heterocycles. The lowest BCUT2D eigenvalue weighted by Gasteiger charge is -2.26. The summed E-state index contributed by atoms with van der Waals surface area (Å²) >= 11 is 0. The minimum atomic E-state index is -1.16. The first-order valence-corrected chi connectivity index (χ1v) is 9.66. The van der Waals surface area contributed by atoms with E-state index in [1.165, 1.54) is 12.1 Å². The standard InChI is InChI=1S/C20H29N3O5/c1-3-12(2)17(23-18(25)15-5-4-10-21-15)19(26)22-16(20(27)28)11-13-6-8-14(24)9-7-13/h6-9,12,15-17,21,24H,3-5,10-11H2,1-2H3,(H,22,26)(H,23,25)(H,27,28). The molecule has 8 heteroatoms. The van der Waals surface area contributed by atoms with Gasteiger partial charge in [0.15, 0.2) is 0 Å². The number of phenols is 1. The number of carboxylic acids is 1. The molecule has 154 valence electrons. The zero-order valence-electron chi connectivity index (χ0n) is 16.3. The van der Waals surface area contributed by atoms with Gasteiger partial charge in [-0.25, -0.2) is 4.79 Å². The largest absolute Gasteiger partial charge is 0.508 e. The van der Waals surface area contributed by atoms with Gasteiger partial charge in [0.2, 0.25) is 11.8 Å². The average Bonchev–Trinajstić information content (AvgIpc) is 3.21. The van der Waals surface area contributed by atoms with Gasteiger partial charge >= 0.3 is 5.97 Å². The molecule has 0 saturated carbocycles. The summed E-state index contributed by atoms with van der Waals surface area (Å²) in [7, 11) is 0. The van der Waals surface area contributed by atoms with Crippen LogP contribution in [0.25, 0.3) is 0 Å². The van der Waals surface area contributed by atoms with Crippen LogP contribution in [0.2, 0.25) is 0 Å². The van der Waals surface area contributed by atoms with Crippen LogP contribution in [0.4, 0.5) is 0 Å². The fourth-order valence-corrected chi connectivity index (χ4v) is 3.19. The number of rotatable bonds is 9. The highest BCUT2D eigenvalue weighted by Gasteiger charge is 2.32. The molecule has 1 aromatic rings. The van der Waals surface area contributed by atoms with Gasteiger partial charge in [0.05, 0.1) is 6.04 Å². The zero-order valence-corrected chi connectivity index (χ0v) is 16.3. The Morgan fingerprint density at radius 1 is 1.21 bits per heavy atom. The van der Waals surface area contributed by atoms with Gasteiger partial charge in [-0.2, -0.15) is 0 Å². The van der Waals surface area contributed by atoms with Crippen molar-refractivity contribution in [2.75, 3.05) is 6.54 Å². The number of benzene rings is 1. The number of carbonyl (C=O) groups excluding carboxylic acids is 2. The van der Waals surface area contributed by atoms with Crippen molar-refractivity contribution in [1.82, 2.24) is 16.0 Å². The van der Waals surface area contributed by atoms with E-state index in [0.29, 0.717) is 12.0 Å². The summed E-state index contributed by atoms with van der Waals surface area (Å²) in [5.74, 6) is -1.96. The van der Waals surface area contributed by atoms with Crippen molar-refractivity contribution in [3.8, 4) is 5.75 Å². The Hall–Kier alpha value is -2.61. The van der Waals surface area contributed by atoms with Gasteiger partial charge in [0, 0.05) is 6.42 Å². The number of aromatic hydroxyl groups is 1. The van der Waals surface area contributed by atoms with Gasteiger partial charge in [-0.15, -0.1) is 0 Å². The third-order valence-electron chi connectivity index (χ3n) is 5.16. The molecule has 8 nitrogen and oxygen atoms in total. The lowest BCUT2D eigenvalue weighted by molar-refractivity contribution is -0.142. The first-order valence-electron chi connectivity index (χ1n) is 9.66. The molecule has 2 rings (SSSR count). The number of phenolic OH excluding ortho intramolecular Hbond substituents is 1. The van der Waals surface area contributed by atoms with E-state index >= 15 is 0 Å². The van der Waals surface area contributed by atoms with E-state index in [2.05, 4.69) is 16.0 Å². The van der Waals surface area contributed by atoms with Crippen molar-refractivity contribution >= 4 is 17.8 Å². The fraction of sp³-hybridized carbons (Fsp3) is 0.550. The van der Waals surface area contributed by atoms with Crippen LogP contribution in [0, 0.1) is 5.92 Å². The second kappa shape index (κ2) is 10.1. The van der Waals surface area contributed by atoms with E-state index in [-0.39, 0.29) is 30.0 Å². The van der Waals surface area contributed by atoms with Gasteiger partial charge in [-0.3, -0.25) is 9.59 Å². The van der Waals surface area contributed by atoms with Crippen LogP contribution < -0.4 is 16.0 Å². The molecular formula is C20H29N3O5. The van der Waals surface area contributed by atoms with Crippen LogP contribution >= 0.6 is 0 Å². The van der Waals surface area contributed by atoms with Gasteiger partial charge < -0.3 is 26.2 Å². The molecule has 1 aliphatic rings. The molecule has 1 heterocycles. The van der Waals surface area contributed by atoms with Crippen LogP contribution in [0.15, 0.2) is 24.3 Å². The summed E-state index contributed by atoms with van der Waals surface area (Å²) in [6, 6.07) is 3.90. The van der Waals surface area contributed by atoms with Crippen molar-refractivity contribution in [3.05, 3.63) is 29.8 Å². The van der Waals surface area contributed by atoms with Crippen molar-refractivity contribution in [2.24, 2.45) is 5.92 Å². The van der Waals surface area contributed by atoms with E-state index < -0.39 is 24.0 Å². The topological polar surface area (TPSA) is 128 Å². The second-order valence-electron chi connectivity index (χ2n) is 7.29. The average molecular weight is 391 g/mol. The van der Waals surface area contributed by atoms with E-state index in [0.717, 1.165) is 19.4 Å². The van der Waals surface area contributed by atoms with Crippen molar-refractivity contribution < 1.29 is 24.6 Å². The van der Waals surface area contributed by atoms with Crippen molar-refractivity contribution in [1.29, 1.82) is 0 Å². The predicted octanol–water partition coefficient (Wildman–Crippen LogP) is 0.787. The molecular weight excluding hydrogens is 362 g/mol. The van der Waals surface area contributed by atoms with Gasteiger partial charge in [0.1, 0.15) is 17.8 Å². The van der Waals surface area contributed by atoms with Crippen molar-refractivity contribution in [2.45, 2.75) is 57.7 Å². The smallest absolute Gasteiger partial charge is 0.326 e. The molecule has 28 heavy (non-hydrogen) atoms. The summed E-state index contributed by atoms with van der Waals surface area (Å²) in [6.45, 7) is 4.53. The first-order chi connectivity index (χ1) is 13.3. The molecule has 0 spiro atoms. The highest BCUT2D eigenvalue weighted by molar-refractivity contribution is 5.92. The Kier molecular flexibility index (Phi) is 7.80. The Balaban J connectivity index is 2.06. The third kappa shape index (κ3) is 5.95. The summed E-state index contributed by atoms with van der Waals surface area (Å²) in [4.78, 5) is 36.9. The SMILES string of the molecule is CCC(C)C(NC(=O)C1CCCN1)C(=O)NC(Cc1ccc(O)cc1)C(=O)O. The maximum atomic E-state index is 12.8. The Bertz CT molecular complexity index is 686. The number of hydrogen-bond donors (Lipinski definition) is 5. The molecule has 1 fully saturated rings. The molecule has 4 atom stereocenters. The van der Waals surface area contributed by atoms with Crippen LogP contribution in [0.5, 0.6) is 5.75 Å². The number of nitrogens with one attached hydrogen (secondary N) is 3. The summed E-state index contributed by atoms with van der Waals surface area (Å²) in [6.07, 6.45) is 2.37. The van der Waals surface area contributed by atoms with E-state index in [9.17, 15) is 24.6 Å². The summed E-state index contributed by atoms with van der Waals surface area (Å²) in [5.41, 5.74) is 0.671. The van der Waals surface area contributed by atoms with Crippen LogP contribution in [0.1, 0.15) is 38.7 Å². The maximum Gasteiger partial charge on any atom is 0.326 e. The molecule has 0 aromatic heterocycles. The van der Waals surface area contributed by atoms with Crippen LogP contribution in [-0.2, 0) is 20.8 Å². The number of amides is 2. The molecule has 1 aromatic carbocycles. The molecule has 5 N–H and O–H groups in total. The Morgan fingerprint density at radius 3 is 2.43 bits per heavy atom. The highest BCUT2D eigenvalue weighted by atomic mass is 16.4. The molecule has 0 bridgehead atoms. The fourth-order valence-electron chi connectivity index (χ4n) is 3.19. The Morgan fingerprint density at radius 2 is 1.89 bits per heavy atom. The lowest BCUT2D eigenvalue weighted by Crippen LogP contribution is -2.56. The highest BCUT2D eigenvalue weighted by Crippen LogP contribution is 2.14. The van der Waals surface area contributed by atoms with Gasteiger partial charge in [-0.05, 0) is 43.0 Å². The number of hydrogen-bond acceptors (Lipinski definition) is 5. The van der Waals surface area contributed by atoms with Crippen LogP contribution in [0.3, 0.4) is 0 Å². The second-order valence-corrected chi connectivity index (χ2v) is 7.29. The number of carboxylic acid groups (broad SMARTS) is 1. The molecule has 0 radical (unpaired) electrons. The monoisotopic (exact) mass is 391 g/mol. The first kappa shape index (κ1) is 21.7. The van der Waals surface area contributed by atoms with E-state index in [1.54, 1.807) is 12.1 Å². The number of aliphatic carboxylic acids is 1. The van der Waals surface area contributed by atoms with Gasteiger partial charge in [-0.1, -0.05) is 32.4 Å². The molecule has 1 saturated heterocycles. The van der Waals surface area contributed by atoms with Crippen LogP contribution in [-0.4, -0.2) is 52.7 Å². The Labute approximate surface area is 164 Å². The summed E-state index contributed by atoms with van der Waals surface area (Å²) < 4.78 is 0.